The Morgan fingerprint density at radius 1 is 1.59 bits per heavy atom. The Balaban J connectivity index is 2.82. The summed E-state index contributed by atoms with van der Waals surface area (Å²) in [5.41, 5.74) is 0. The molecule has 0 fully saturated rings. The highest BCUT2D eigenvalue weighted by Gasteiger charge is 2.14. The molecule has 1 aromatic heterocycles. The largest absolute Gasteiger partial charge is 0.357 e. The number of halogens is 1. The fraction of sp³-hybridized carbons (Fsp3) is 0.636. The summed E-state index contributed by atoms with van der Waals surface area (Å²) in [4.78, 5) is 10.8. The molecule has 0 saturated heterocycles. The van der Waals surface area contributed by atoms with Crippen molar-refractivity contribution in [3.8, 4) is 0 Å². The normalized spacial score (nSPS) is 12.3. The van der Waals surface area contributed by atoms with E-state index in [9.17, 15) is 0 Å². The molecule has 0 amide bonds. The molecule has 0 aliphatic heterocycles. The molecule has 17 heavy (non-hydrogen) atoms. The standard InChI is InChI=1S/C11H19BrN4S/c1-8(5-6-17-4)16(3)10-9(12)7-14-11(13-2)15-10/h7-8H,5-6H2,1-4H3,(H,13,14,15). The lowest BCUT2D eigenvalue weighted by atomic mass is 10.2. The monoisotopic (exact) mass is 318 g/mol. The summed E-state index contributed by atoms with van der Waals surface area (Å²) in [6.45, 7) is 2.21. The molecule has 0 aliphatic carbocycles. The van der Waals surface area contributed by atoms with Gasteiger partial charge < -0.3 is 10.2 Å². The highest BCUT2D eigenvalue weighted by atomic mass is 79.9. The van der Waals surface area contributed by atoms with Crippen molar-refractivity contribution in [3.63, 3.8) is 0 Å². The molecule has 1 rings (SSSR count). The van der Waals surface area contributed by atoms with E-state index in [1.807, 2.05) is 18.8 Å². The van der Waals surface area contributed by atoms with Crippen LogP contribution in [0.2, 0.25) is 0 Å². The van der Waals surface area contributed by atoms with Gasteiger partial charge in [-0.05, 0) is 41.3 Å². The predicted octanol–water partition coefficient (Wildman–Crippen LogP) is 2.86. The average Bonchev–Trinajstić information content (AvgIpc) is 2.35. The third kappa shape index (κ3) is 4.03. The smallest absolute Gasteiger partial charge is 0.224 e. The van der Waals surface area contributed by atoms with E-state index in [0.717, 1.165) is 22.5 Å². The van der Waals surface area contributed by atoms with E-state index >= 15 is 0 Å². The fourth-order valence-corrected chi connectivity index (χ4v) is 2.46. The lowest BCUT2D eigenvalue weighted by Gasteiger charge is -2.26. The number of nitrogens with one attached hydrogen (secondary N) is 1. The summed E-state index contributed by atoms with van der Waals surface area (Å²) < 4.78 is 0.926. The topological polar surface area (TPSA) is 41.1 Å². The SMILES string of the molecule is CNc1ncc(Br)c(N(C)C(C)CCSC)n1. The van der Waals surface area contributed by atoms with Crippen molar-refractivity contribution in [3.05, 3.63) is 10.7 Å². The Bertz CT molecular complexity index is 361. The molecule has 0 bridgehead atoms. The van der Waals surface area contributed by atoms with Gasteiger partial charge in [-0.3, -0.25) is 0 Å². The lowest BCUT2D eigenvalue weighted by Crippen LogP contribution is -2.30. The number of anilines is 2. The first-order valence-electron chi connectivity index (χ1n) is 5.52. The number of nitrogens with zero attached hydrogens (tertiary/aromatic N) is 3. The lowest BCUT2D eigenvalue weighted by molar-refractivity contribution is 0.660. The minimum atomic E-state index is 0.457. The molecule has 0 saturated carbocycles. The molecular formula is C11H19BrN4S. The van der Waals surface area contributed by atoms with Crippen molar-refractivity contribution in [2.75, 3.05) is 36.3 Å². The predicted molar refractivity (Wildman–Crippen MR) is 80.1 cm³/mol. The molecule has 0 aromatic carbocycles. The Labute approximate surface area is 116 Å². The molecule has 1 unspecified atom stereocenters. The zero-order chi connectivity index (χ0) is 12.8. The van der Waals surface area contributed by atoms with E-state index in [-0.39, 0.29) is 0 Å². The van der Waals surface area contributed by atoms with E-state index < -0.39 is 0 Å². The summed E-state index contributed by atoms with van der Waals surface area (Å²) >= 11 is 5.37. The first-order valence-corrected chi connectivity index (χ1v) is 7.71. The second-order valence-corrected chi connectivity index (χ2v) is 5.70. The van der Waals surface area contributed by atoms with Gasteiger partial charge in [-0.15, -0.1) is 0 Å². The number of hydrogen-bond donors (Lipinski definition) is 1. The summed E-state index contributed by atoms with van der Waals surface area (Å²) in [5.74, 6) is 2.73. The van der Waals surface area contributed by atoms with Gasteiger partial charge >= 0.3 is 0 Å². The van der Waals surface area contributed by atoms with E-state index in [1.165, 1.54) is 0 Å². The van der Waals surface area contributed by atoms with Crippen molar-refractivity contribution >= 4 is 39.5 Å². The Hall–Kier alpha value is -0.490. The quantitative estimate of drug-likeness (QED) is 0.873. The highest BCUT2D eigenvalue weighted by molar-refractivity contribution is 9.10. The zero-order valence-electron chi connectivity index (χ0n) is 10.7. The molecule has 0 radical (unpaired) electrons. The van der Waals surface area contributed by atoms with Gasteiger partial charge in [0.25, 0.3) is 0 Å². The molecule has 1 aromatic rings. The van der Waals surface area contributed by atoms with E-state index in [2.05, 4.69) is 56.3 Å². The zero-order valence-corrected chi connectivity index (χ0v) is 13.1. The molecular weight excluding hydrogens is 300 g/mol. The Morgan fingerprint density at radius 2 is 2.29 bits per heavy atom. The van der Waals surface area contributed by atoms with Crippen LogP contribution in [0, 0.1) is 0 Å². The first-order chi connectivity index (χ1) is 8.10. The van der Waals surface area contributed by atoms with Gasteiger partial charge in [0, 0.05) is 26.3 Å². The maximum absolute atomic E-state index is 4.47. The maximum atomic E-state index is 4.47. The molecule has 4 nitrogen and oxygen atoms in total. The molecule has 1 atom stereocenters. The Morgan fingerprint density at radius 3 is 2.88 bits per heavy atom. The van der Waals surface area contributed by atoms with Crippen LogP contribution in [0.1, 0.15) is 13.3 Å². The highest BCUT2D eigenvalue weighted by Crippen LogP contribution is 2.25. The van der Waals surface area contributed by atoms with Crippen LogP contribution in [-0.4, -0.2) is 42.1 Å². The summed E-state index contributed by atoms with van der Waals surface area (Å²) in [5, 5.41) is 2.96. The number of thioether (sulfide) groups is 1. The number of rotatable bonds is 6. The second-order valence-electron chi connectivity index (χ2n) is 3.86. The first kappa shape index (κ1) is 14.6. The maximum Gasteiger partial charge on any atom is 0.224 e. The molecule has 1 heterocycles. The van der Waals surface area contributed by atoms with Gasteiger partial charge in [0.05, 0.1) is 4.47 Å². The van der Waals surface area contributed by atoms with E-state index in [0.29, 0.717) is 12.0 Å². The average molecular weight is 319 g/mol. The van der Waals surface area contributed by atoms with Crippen molar-refractivity contribution in [1.29, 1.82) is 0 Å². The van der Waals surface area contributed by atoms with Gasteiger partial charge in [0.2, 0.25) is 5.95 Å². The van der Waals surface area contributed by atoms with Gasteiger partial charge in [0.1, 0.15) is 5.82 Å². The van der Waals surface area contributed by atoms with Crippen LogP contribution in [0.15, 0.2) is 10.7 Å². The summed E-state index contributed by atoms with van der Waals surface area (Å²) in [7, 11) is 3.89. The van der Waals surface area contributed by atoms with Crippen LogP contribution in [0.25, 0.3) is 0 Å². The van der Waals surface area contributed by atoms with Crippen LogP contribution in [0.3, 0.4) is 0 Å². The Kier molecular flexibility index (Phi) is 6.05. The fourth-order valence-electron chi connectivity index (χ4n) is 1.42. The van der Waals surface area contributed by atoms with Crippen LogP contribution in [0.4, 0.5) is 11.8 Å². The van der Waals surface area contributed by atoms with Crippen LogP contribution < -0.4 is 10.2 Å². The molecule has 1 N–H and O–H groups in total. The van der Waals surface area contributed by atoms with Crippen molar-refractivity contribution in [2.24, 2.45) is 0 Å². The van der Waals surface area contributed by atoms with Crippen molar-refractivity contribution in [1.82, 2.24) is 9.97 Å². The van der Waals surface area contributed by atoms with E-state index in [1.54, 1.807) is 6.20 Å². The number of hydrogen-bond acceptors (Lipinski definition) is 5. The van der Waals surface area contributed by atoms with Gasteiger partial charge in [-0.25, -0.2) is 4.98 Å². The summed E-state index contributed by atoms with van der Waals surface area (Å²) in [6.07, 6.45) is 5.06. The third-order valence-electron chi connectivity index (χ3n) is 2.68. The van der Waals surface area contributed by atoms with Crippen molar-refractivity contribution in [2.45, 2.75) is 19.4 Å². The van der Waals surface area contributed by atoms with Crippen LogP contribution in [0.5, 0.6) is 0 Å². The minimum absolute atomic E-state index is 0.457. The van der Waals surface area contributed by atoms with Crippen LogP contribution >= 0.6 is 27.7 Å². The van der Waals surface area contributed by atoms with Crippen molar-refractivity contribution < 1.29 is 0 Å². The third-order valence-corrected chi connectivity index (χ3v) is 3.89. The van der Waals surface area contributed by atoms with Gasteiger partial charge in [-0.1, -0.05) is 0 Å². The second kappa shape index (κ2) is 7.06. The minimum Gasteiger partial charge on any atom is -0.357 e. The van der Waals surface area contributed by atoms with Gasteiger partial charge in [0.15, 0.2) is 0 Å². The molecule has 96 valence electrons. The molecule has 0 spiro atoms. The van der Waals surface area contributed by atoms with Crippen LogP contribution in [-0.2, 0) is 0 Å². The molecule has 0 aliphatic rings. The van der Waals surface area contributed by atoms with E-state index in [4.69, 9.17) is 0 Å². The molecule has 6 heteroatoms. The van der Waals surface area contributed by atoms with Gasteiger partial charge in [-0.2, -0.15) is 16.7 Å². The number of aromatic nitrogens is 2. The summed E-state index contributed by atoms with van der Waals surface area (Å²) in [6, 6.07) is 0.457.